The molecule has 110 valence electrons. The van der Waals surface area contributed by atoms with E-state index in [2.05, 4.69) is 10.3 Å². The Hall–Kier alpha value is -1.39. The van der Waals surface area contributed by atoms with Gasteiger partial charge in [0.1, 0.15) is 0 Å². The Balaban J connectivity index is 1.44. The molecule has 1 saturated heterocycles. The van der Waals surface area contributed by atoms with Gasteiger partial charge in [0.25, 0.3) is 0 Å². The molecule has 1 aromatic heterocycles. The van der Waals surface area contributed by atoms with Gasteiger partial charge in [-0.05, 0) is 18.8 Å². The van der Waals surface area contributed by atoms with Crippen LogP contribution in [0.2, 0.25) is 0 Å². The molecule has 3 rings (SSSR count). The zero-order valence-electron chi connectivity index (χ0n) is 12.1. The van der Waals surface area contributed by atoms with E-state index in [4.69, 9.17) is 0 Å². The molecule has 5 nitrogen and oxygen atoms in total. The van der Waals surface area contributed by atoms with E-state index in [0.29, 0.717) is 11.9 Å². The second kappa shape index (κ2) is 6.37. The lowest BCUT2D eigenvalue weighted by molar-refractivity contribution is -0.130. The van der Waals surface area contributed by atoms with Crippen molar-refractivity contribution in [1.82, 2.24) is 19.9 Å². The Labute approximate surface area is 120 Å². The largest absolute Gasteiger partial charge is 0.340 e. The van der Waals surface area contributed by atoms with Gasteiger partial charge in [-0.1, -0.05) is 37.3 Å². The van der Waals surface area contributed by atoms with Gasteiger partial charge >= 0.3 is 0 Å². The molecule has 20 heavy (non-hydrogen) atoms. The highest BCUT2D eigenvalue weighted by Crippen LogP contribution is 2.28. The number of likely N-dealkylation sites (tertiary alicyclic amines) is 1. The highest BCUT2D eigenvalue weighted by molar-refractivity contribution is 5.76. The first-order valence-electron chi connectivity index (χ1n) is 7.96. The van der Waals surface area contributed by atoms with Crippen LogP contribution in [0.15, 0.2) is 12.4 Å². The lowest BCUT2D eigenvalue weighted by Gasteiger charge is -2.22. The van der Waals surface area contributed by atoms with Crippen LogP contribution in [0.3, 0.4) is 0 Å². The zero-order valence-corrected chi connectivity index (χ0v) is 12.1. The minimum Gasteiger partial charge on any atom is -0.340 e. The summed E-state index contributed by atoms with van der Waals surface area (Å²) < 4.78 is 1.88. The van der Waals surface area contributed by atoms with E-state index < -0.39 is 0 Å². The Bertz CT molecular complexity index is 425. The topological polar surface area (TPSA) is 51.0 Å². The maximum atomic E-state index is 12.3. The number of carbonyl (C=O) groups is 1. The van der Waals surface area contributed by atoms with Crippen molar-refractivity contribution in [3.8, 4) is 0 Å². The maximum absolute atomic E-state index is 12.3. The van der Waals surface area contributed by atoms with Crippen LogP contribution in [0.25, 0.3) is 0 Å². The average molecular weight is 276 g/mol. The average Bonchev–Trinajstić information content (AvgIpc) is 3.16. The van der Waals surface area contributed by atoms with Crippen molar-refractivity contribution >= 4 is 5.91 Å². The van der Waals surface area contributed by atoms with Crippen LogP contribution < -0.4 is 0 Å². The summed E-state index contributed by atoms with van der Waals surface area (Å²) in [6.45, 7) is 1.67. The third-order valence-electron chi connectivity index (χ3n) is 4.82. The number of rotatable bonds is 4. The number of hydrogen-bond donors (Lipinski definition) is 0. The summed E-state index contributed by atoms with van der Waals surface area (Å²) in [5.74, 6) is 1.12. The third kappa shape index (κ3) is 3.19. The van der Waals surface area contributed by atoms with Crippen LogP contribution in [-0.2, 0) is 4.79 Å². The van der Waals surface area contributed by atoms with E-state index in [-0.39, 0.29) is 0 Å². The predicted molar refractivity (Wildman–Crippen MR) is 76.1 cm³/mol. The summed E-state index contributed by atoms with van der Waals surface area (Å²) in [6.07, 6.45) is 13.2. The quantitative estimate of drug-likeness (QED) is 0.848. The molecule has 0 bridgehead atoms. The minimum atomic E-state index is 0.316. The number of nitrogens with zero attached hydrogens (tertiary/aromatic N) is 4. The molecule has 1 amide bonds. The molecule has 0 spiro atoms. The molecule has 1 aromatic rings. The molecule has 0 N–H and O–H groups in total. The number of aromatic nitrogens is 3. The van der Waals surface area contributed by atoms with Gasteiger partial charge in [-0.15, -0.1) is 5.10 Å². The van der Waals surface area contributed by atoms with Gasteiger partial charge in [-0.3, -0.25) is 4.79 Å². The Morgan fingerprint density at radius 3 is 2.80 bits per heavy atom. The maximum Gasteiger partial charge on any atom is 0.222 e. The Kier molecular flexibility index (Phi) is 4.33. The van der Waals surface area contributed by atoms with E-state index in [1.54, 1.807) is 6.20 Å². The summed E-state index contributed by atoms with van der Waals surface area (Å²) in [6, 6.07) is 0.316. The van der Waals surface area contributed by atoms with Gasteiger partial charge in [-0.25, -0.2) is 4.68 Å². The van der Waals surface area contributed by atoms with Crippen LogP contribution in [0.4, 0.5) is 0 Å². The van der Waals surface area contributed by atoms with Crippen molar-refractivity contribution in [2.75, 3.05) is 13.1 Å². The number of hydrogen-bond acceptors (Lipinski definition) is 3. The van der Waals surface area contributed by atoms with E-state index in [0.717, 1.165) is 38.3 Å². The molecule has 5 heteroatoms. The summed E-state index contributed by atoms with van der Waals surface area (Å²) in [5.41, 5.74) is 0. The van der Waals surface area contributed by atoms with Gasteiger partial charge in [0.2, 0.25) is 5.91 Å². The van der Waals surface area contributed by atoms with Gasteiger partial charge in [0.15, 0.2) is 0 Å². The first kappa shape index (κ1) is 13.6. The molecule has 1 atom stereocenters. The number of carbonyl (C=O) groups excluding carboxylic acids is 1. The first-order chi connectivity index (χ1) is 9.83. The molecule has 2 fully saturated rings. The second-order valence-electron chi connectivity index (χ2n) is 6.21. The summed E-state index contributed by atoms with van der Waals surface area (Å²) in [7, 11) is 0. The van der Waals surface area contributed by atoms with Gasteiger partial charge in [0.05, 0.1) is 12.2 Å². The van der Waals surface area contributed by atoms with Gasteiger partial charge in [-0.2, -0.15) is 0 Å². The molecule has 1 saturated carbocycles. The van der Waals surface area contributed by atoms with E-state index in [9.17, 15) is 4.79 Å². The minimum absolute atomic E-state index is 0.316. The highest BCUT2D eigenvalue weighted by atomic mass is 16.2. The van der Waals surface area contributed by atoms with E-state index in [1.165, 1.54) is 32.1 Å². The second-order valence-corrected chi connectivity index (χ2v) is 6.21. The van der Waals surface area contributed by atoms with Crippen molar-refractivity contribution < 1.29 is 4.79 Å². The van der Waals surface area contributed by atoms with Crippen LogP contribution in [-0.4, -0.2) is 38.9 Å². The lowest BCUT2D eigenvalue weighted by Crippen LogP contribution is -2.29. The highest BCUT2D eigenvalue weighted by Gasteiger charge is 2.28. The lowest BCUT2D eigenvalue weighted by atomic mass is 9.86. The first-order valence-corrected chi connectivity index (χ1v) is 7.96. The molecule has 1 aliphatic carbocycles. The molecule has 1 unspecified atom stereocenters. The fraction of sp³-hybridized carbons (Fsp3) is 0.800. The van der Waals surface area contributed by atoms with E-state index >= 15 is 0 Å². The predicted octanol–water partition coefficient (Wildman–Crippen LogP) is 2.41. The van der Waals surface area contributed by atoms with Crippen LogP contribution in [0, 0.1) is 5.92 Å². The van der Waals surface area contributed by atoms with Gasteiger partial charge in [0, 0.05) is 25.7 Å². The van der Waals surface area contributed by atoms with Crippen molar-refractivity contribution in [3.63, 3.8) is 0 Å². The smallest absolute Gasteiger partial charge is 0.222 e. The van der Waals surface area contributed by atoms with Crippen molar-refractivity contribution in [2.24, 2.45) is 5.92 Å². The summed E-state index contributed by atoms with van der Waals surface area (Å²) in [4.78, 5) is 14.3. The molecule has 1 aliphatic heterocycles. The van der Waals surface area contributed by atoms with Crippen molar-refractivity contribution in [3.05, 3.63) is 12.4 Å². The van der Waals surface area contributed by atoms with Crippen LogP contribution in [0.5, 0.6) is 0 Å². The Morgan fingerprint density at radius 1 is 1.20 bits per heavy atom. The van der Waals surface area contributed by atoms with Crippen molar-refractivity contribution in [1.29, 1.82) is 0 Å². The normalized spacial score (nSPS) is 24.2. The molecular formula is C15H24N4O. The standard InChI is InChI=1S/C15H24N4O/c20-15(7-6-13-4-2-1-3-5-13)18-10-8-14(12-18)19-11-9-16-17-19/h9,11,13-14H,1-8,10,12H2. The molecule has 0 radical (unpaired) electrons. The zero-order chi connectivity index (χ0) is 13.8. The van der Waals surface area contributed by atoms with Crippen molar-refractivity contribution in [2.45, 2.75) is 57.4 Å². The van der Waals surface area contributed by atoms with Gasteiger partial charge < -0.3 is 4.90 Å². The monoisotopic (exact) mass is 276 g/mol. The SMILES string of the molecule is O=C(CCC1CCCCC1)N1CCC(n2ccnn2)C1. The summed E-state index contributed by atoms with van der Waals surface area (Å²) >= 11 is 0. The Morgan fingerprint density at radius 2 is 2.05 bits per heavy atom. The molecule has 0 aromatic carbocycles. The van der Waals surface area contributed by atoms with E-state index in [1.807, 2.05) is 15.8 Å². The van der Waals surface area contributed by atoms with Crippen LogP contribution >= 0.6 is 0 Å². The fourth-order valence-electron chi connectivity index (χ4n) is 3.56. The molecule has 2 aliphatic rings. The molecule has 2 heterocycles. The third-order valence-corrected chi connectivity index (χ3v) is 4.82. The summed E-state index contributed by atoms with van der Waals surface area (Å²) in [5, 5.41) is 7.88. The van der Waals surface area contributed by atoms with Crippen LogP contribution in [0.1, 0.15) is 57.4 Å². The fourth-order valence-corrected chi connectivity index (χ4v) is 3.56. The molecular weight excluding hydrogens is 252 g/mol. The number of amides is 1.